The zero-order chi connectivity index (χ0) is 15.4. The Morgan fingerprint density at radius 1 is 1.10 bits per heavy atom. The van der Waals surface area contributed by atoms with E-state index in [1.165, 1.54) is 10.6 Å². The van der Waals surface area contributed by atoms with Gasteiger partial charge in [-0.05, 0) is 43.7 Å². The number of hydrogen-bond acceptors (Lipinski definition) is 3. The lowest BCUT2D eigenvalue weighted by atomic mass is 10.2. The number of hydrogen-bond donors (Lipinski definition) is 0. The number of nitrogens with zero attached hydrogens (tertiary/aromatic N) is 2. The summed E-state index contributed by atoms with van der Waals surface area (Å²) in [7, 11) is 4.05. The minimum atomic E-state index is 0.118. The quantitative estimate of drug-likeness (QED) is 0.839. The molecule has 1 amide bonds. The summed E-state index contributed by atoms with van der Waals surface area (Å²) in [5.74, 6) is 0.118. The highest BCUT2D eigenvalue weighted by atomic mass is 32.1. The number of thiophene rings is 1. The van der Waals surface area contributed by atoms with E-state index in [9.17, 15) is 4.79 Å². The average molecular weight is 302 g/mol. The summed E-state index contributed by atoms with van der Waals surface area (Å²) in [6, 6.07) is 12.3. The normalized spacial score (nSPS) is 10.5. The summed E-state index contributed by atoms with van der Waals surface area (Å²) in [6.07, 6.45) is 0. The van der Waals surface area contributed by atoms with Crippen LogP contribution in [0.1, 0.15) is 27.0 Å². The molecule has 2 rings (SSSR count). The molecule has 4 heteroatoms. The molecule has 0 aliphatic rings. The van der Waals surface area contributed by atoms with Crippen LogP contribution in [0.15, 0.2) is 36.4 Å². The van der Waals surface area contributed by atoms with Crippen molar-refractivity contribution in [3.8, 4) is 0 Å². The number of anilines is 1. The first-order chi connectivity index (χ1) is 10.0. The maximum Gasteiger partial charge on any atom is 0.264 e. The van der Waals surface area contributed by atoms with Gasteiger partial charge in [0, 0.05) is 37.7 Å². The van der Waals surface area contributed by atoms with Crippen LogP contribution in [0, 0.1) is 6.92 Å². The van der Waals surface area contributed by atoms with E-state index in [0.29, 0.717) is 13.1 Å². The van der Waals surface area contributed by atoms with Crippen molar-refractivity contribution in [3.63, 3.8) is 0 Å². The molecule has 0 saturated heterocycles. The molecular formula is C17H22N2OS. The minimum Gasteiger partial charge on any atom is -0.378 e. The molecule has 0 radical (unpaired) electrons. The van der Waals surface area contributed by atoms with E-state index in [0.717, 1.165) is 10.4 Å². The number of aryl methyl sites for hydroxylation is 1. The number of amides is 1. The van der Waals surface area contributed by atoms with Gasteiger partial charge in [0.1, 0.15) is 0 Å². The summed E-state index contributed by atoms with van der Waals surface area (Å²) < 4.78 is 0. The molecule has 0 unspecified atom stereocenters. The van der Waals surface area contributed by atoms with Gasteiger partial charge in [-0.1, -0.05) is 12.1 Å². The van der Waals surface area contributed by atoms with Crippen molar-refractivity contribution in [1.82, 2.24) is 4.90 Å². The van der Waals surface area contributed by atoms with Gasteiger partial charge in [-0.15, -0.1) is 11.3 Å². The van der Waals surface area contributed by atoms with Gasteiger partial charge in [0.05, 0.1) is 4.88 Å². The second kappa shape index (κ2) is 6.76. The van der Waals surface area contributed by atoms with E-state index < -0.39 is 0 Å². The van der Waals surface area contributed by atoms with Crippen LogP contribution in [-0.4, -0.2) is 31.4 Å². The van der Waals surface area contributed by atoms with Crippen LogP contribution in [0.25, 0.3) is 0 Å². The van der Waals surface area contributed by atoms with Gasteiger partial charge in [-0.3, -0.25) is 4.79 Å². The van der Waals surface area contributed by atoms with Crippen molar-refractivity contribution < 1.29 is 4.79 Å². The zero-order valence-corrected chi connectivity index (χ0v) is 13.9. The van der Waals surface area contributed by atoms with Gasteiger partial charge in [0.25, 0.3) is 5.91 Å². The van der Waals surface area contributed by atoms with E-state index in [4.69, 9.17) is 0 Å². The van der Waals surface area contributed by atoms with Crippen LogP contribution in [0.4, 0.5) is 5.69 Å². The fourth-order valence-corrected chi connectivity index (χ4v) is 2.99. The first kappa shape index (κ1) is 15.6. The van der Waals surface area contributed by atoms with Gasteiger partial charge in [0.15, 0.2) is 0 Å². The number of carbonyl (C=O) groups is 1. The largest absolute Gasteiger partial charge is 0.378 e. The summed E-state index contributed by atoms with van der Waals surface area (Å²) >= 11 is 1.56. The fourth-order valence-electron chi connectivity index (χ4n) is 2.15. The highest BCUT2D eigenvalue weighted by molar-refractivity contribution is 7.13. The standard InChI is InChI=1S/C17H22N2OS/c1-5-19(17(20)16-11-6-13(2)21-16)12-14-7-9-15(10-8-14)18(3)4/h6-11H,5,12H2,1-4H3. The molecule has 1 aromatic carbocycles. The Morgan fingerprint density at radius 2 is 1.76 bits per heavy atom. The molecule has 0 fully saturated rings. The summed E-state index contributed by atoms with van der Waals surface area (Å²) in [6.45, 7) is 5.41. The number of benzene rings is 1. The van der Waals surface area contributed by atoms with E-state index in [2.05, 4.69) is 29.2 Å². The zero-order valence-electron chi connectivity index (χ0n) is 13.1. The Bertz CT molecular complexity index is 602. The number of carbonyl (C=O) groups excluding carboxylic acids is 1. The molecule has 1 heterocycles. The third-order valence-electron chi connectivity index (χ3n) is 3.45. The van der Waals surface area contributed by atoms with Crippen molar-refractivity contribution in [2.45, 2.75) is 20.4 Å². The molecular weight excluding hydrogens is 280 g/mol. The first-order valence-corrected chi connectivity index (χ1v) is 7.95. The monoisotopic (exact) mass is 302 g/mol. The van der Waals surface area contributed by atoms with Crippen molar-refractivity contribution in [2.75, 3.05) is 25.5 Å². The highest BCUT2D eigenvalue weighted by Crippen LogP contribution is 2.19. The topological polar surface area (TPSA) is 23.6 Å². The Balaban J connectivity index is 2.10. The van der Waals surface area contributed by atoms with Crippen LogP contribution in [0.3, 0.4) is 0 Å². The fraction of sp³-hybridized carbons (Fsp3) is 0.353. The smallest absolute Gasteiger partial charge is 0.264 e. The van der Waals surface area contributed by atoms with Crippen LogP contribution < -0.4 is 4.90 Å². The predicted octanol–water partition coefficient (Wildman–Crippen LogP) is 3.78. The van der Waals surface area contributed by atoms with Gasteiger partial charge >= 0.3 is 0 Å². The van der Waals surface area contributed by atoms with Gasteiger partial charge in [-0.2, -0.15) is 0 Å². The van der Waals surface area contributed by atoms with Gasteiger partial charge < -0.3 is 9.80 Å². The van der Waals surface area contributed by atoms with Crippen molar-refractivity contribution in [3.05, 3.63) is 51.7 Å². The minimum absolute atomic E-state index is 0.118. The average Bonchev–Trinajstić information content (AvgIpc) is 2.91. The molecule has 0 aliphatic heterocycles. The molecule has 0 aliphatic carbocycles. The maximum absolute atomic E-state index is 12.5. The lowest BCUT2D eigenvalue weighted by Gasteiger charge is -2.21. The summed E-state index contributed by atoms with van der Waals surface area (Å²) in [4.78, 5) is 18.4. The van der Waals surface area contributed by atoms with Crippen LogP contribution >= 0.6 is 11.3 Å². The van der Waals surface area contributed by atoms with Crippen molar-refractivity contribution in [2.24, 2.45) is 0 Å². The van der Waals surface area contributed by atoms with E-state index in [1.54, 1.807) is 11.3 Å². The van der Waals surface area contributed by atoms with Crippen LogP contribution in [0.5, 0.6) is 0 Å². The van der Waals surface area contributed by atoms with E-state index in [1.807, 2.05) is 45.0 Å². The lowest BCUT2D eigenvalue weighted by molar-refractivity contribution is 0.0757. The molecule has 112 valence electrons. The highest BCUT2D eigenvalue weighted by Gasteiger charge is 2.16. The third kappa shape index (κ3) is 3.85. The Labute approximate surface area is 130 Å². The Morgan fingerprint density at radius 3 is 2.24 bits per heavy atom. The molecule has 0 bridgehead atoms. The third-order valence-corrected chi connectivity index (χ3v) is 4.43. The summed E-state index contributed by atoms with van der Waals surface area (Å²) in [5.41, 5.74) is 2.33. The molecule has 0 N–H and O–H groups in total. The second-order valence-electron chi connectivity index (χ2n) is 5.29. The number of rotatable bonds is 5. The molecule has 21 heavy (non-hydrogen) atoms. The molecule has 3 nitrogen and oxygen atoms in total. The second-order valence-corrected chi connectivity index (χ2v) is 6.58. The van der Waals surface area contributed by atoms with E-state index >= 15 is 0 Å². The lowest BCUT2D eigenvalue weighted by Crippen LogP contribution is -2.29. The predicted molar refractivity (Wildman–Crippen MR) is 90.2 cm³/mol. The molecule has 0 saturated carbocycles. The van der Waals surface area contributed by atoms with Crippen LogP contribution in [-0.2, 0) is 6.54 Å². The SMILES string of the molecule is CCN(Cc1ccc(N(C)C)cc1)C(=O)c1ccc(C)s1. The van der Waals surface area contributed by atoms with Crippen molar-refractivity contribution >= 4 is 22.9 Å². The van der Waals surface area contributed by atoms with Crippen molar-refractivity contribution in [1.29, 1.82) is 0 Å². The summed E-state index contributed by atoms with van der Waals surface area (Å²) in [5, 5.41) is 0. The molecule has 2 aromatic rings. The maximum atomic E-state index is 12.5. The van der Waals surface area contributed by atoms with Crippen LogP contribution in [0.2, 0.25) is 0 Å². The molecule has 0 spiro atoms. The molecule has 0 atom stereocenters. The Hall–Kier alpha value is -1.81. The Kier molecular flexibility index (Phi) is 5.02. The van der Waals surface area contributed by atoms with Gasteiger partial charge in [0.2, 0.25) is 0 Å². The van der Waals surface area contributed by atoms with Gasteiger partial charge in [-0.25, -0.2) is 0 Å². The molecule has 1 aromatic heterocycles. The van der Waals surface area contributed by atoms with E-state index in [-0.39, 0.29) is 5.91 Å². The first-order valence-electron chi connectivity index (χ1n) is 7.13.